The van der Waals surface area contributed by atoms with E-state index < -0.39 is 6.04 Å². The molecule has 2 rings (SSSR count). The number of nitrogens with zero attached hydrogens (tertiary/aromatic N) is 1. The van der Waals surface area contributed by atoms with E-state index >= 15 is 0 Å². The molecule has 0 aromatic heterocycles. The van der Waals surface area contributed by atoms with Crippen molar-refractivity contribution in [2.45, 2.75) is 38.9 Å². The molecule has 1 fully saturated rings. The van der Waals surface area contributed by atoms with Gasteiger partial charge in [-0.15, -0.1) is 12.4 Å². The van der Waals surface area contributed by atoms with Gasteiger partial charge in [0.2, 0.25) is 5.91 Å². The molecule has 3 N–H and O–H groups in total. The maximum Gasteiger partial charge on any atom is 0.236 e. The minimum atomic E-state index is -0.453. The topological polar surface area (TPSA) is 58.4 Å². The Kier molecular flexibility index (Phi) is 6.99. The number of carbonyl (C=O) groups excluding carboxylic acids is 1. The fourth-order valence-electron chi connectivity index (χ4n) is 2.41. The van der Waals surface area contributed by atoms with Crippen LogP contribution >= 0.6 is 12.4 Å². The fourth-order valence-corrected chi connectivity index (χ4v) is 2.41. The van der Waals surface area contributed by atoms with Crippen molar-refractivity contribution in [3.8, 4) is 0 Å². The number of benzene rings is 1. The Morgan fingerprint density at radius 3 is 2.50 bits per heavy atom. The summed E-state index contributed by atoms with van der Waals surface area (Å²) in [6.45, 7) is 5.60. The minimum Gasteiger partial charge on any atom is -0.351 e. The standard InChI is InChI=1S/C15H23N3O.ClH/c1-12(16)15(19)17-10-13-6-2-3-7-14(13)11-18-8-4-5-9-18;/h2-3,6-7,12H,4-5,8-11,16H2,1H3,(H,17,19);1H. The van der Waals surface area contributed by atoms with Gasteiger partial charge in [0.1, 0.15) is 0 Å². The maximum atomic E-state index is 11.5. The summed E-state index contributed by atoms with van der Waals surface area (Å²) in [7, 11) is 0. The van der Waals surface area contributed by atoms with Crippen molar-refractivity contribution < 1.29 is 4.79 Å². The largest absolute Gasteiger partial charge is 0.351 e. The Balaban J connectivity index is 0.00000200. The highest BCUT2D eigenvalue weighted by atomic mass is 35.5. The number of rotatable bonds is 5. The molecule has 1 amide bonds. The molecule has 1 aromatic carbocycles. The summed E-state index contributed by atoms with van der Waals surface area (Å²) in [4.78, 5) is 14.0. The lowest BCUT2D eigenvalue weighted by Gasteiger charge is -2.18. The molecule has 0 bridgehead atoms. The summed E-state index contributed by atoms with van der Waals surface area (Å²) in [6, 6.07) is 7.84. The van der Waals surface area contributed by atoms with Crippen LogP contribution in [0, 0.1) is 0 Å². The lowest BCUT2D eigenvalue weighted by molar-refractivity contribution is -0.122. The van der Waals surface area contributed by atoms with Gasteiger partial charge in [-0.1, -0.05) is 24.3 Å². The molecule has 0 aliphatic carbocycles. The monoisotopic (exact) mass is 297 g/mol. The summed E-state index contributed by atoms with van der Waals surface area (Å²) in [5, 5.41) is 2.88. The summed E-state index contributed by atoms with van der Waals surface area (Å²) in [5.41, 5.74) is 8.03. The average molecular weight is 298 g/mol. The molecule has 4 nitrogen and oxygen atoms in total. The van der Waals surface area contributed by atoms with Crippen molar-refractivity contribution in [2.75, 3.05) is 13.1 Å². The smallest absolute Gasteiger partial charge is 0.236 e. The van der Waals surface area contributed by atoms with Crippen molar-refractivity contribution in [3.63, 3.8) is 0 Å². The van der Waals surface area contributed by atoms with Crippen molar-refractivity contribution in [3.05, 3.63) is 35.4 Å². The first kappa shape index (κ1) is 17.0. The van der Waals surface area contributed by atoms with Gasteiger partial charge in [-0.25, -0.2) is 0 Å². The first-order chi connectivity index (χ1) is 9.16. The van der Waals surface area contributed by atoms with Crippen LogP contribution in [0.1, 0.15) is 30.9 Å². The van der Waals surface area contributed by atoms with E-state index in [1.165, 1.54) is 37.1 Å². The van der Waals surface area contributed by atoms with Crippen LogP contribution in [0.4, 0.5) is 0 Å². The van der Waals surface area contributed by atoms with Crippen LogP contribution < -0.4 is 11.1 Å². The van der Waals surface area contributed by atoms with Gasteiger partial charge in [-0.05, 0) is 44.0 Å². The molecule has 5 heteroatoms. The van der Waals surface area contributed by atoms with Crippen molar-refractivity contribution >= 4 is 18.3 Å². The predicted octanol–water partition coefficient (Wildman–Crippen LogP) is 1.67. The van der Waals surface area contributed by atoms with Crippen molar-refractivity contribution in [1.82, 2.24) is 10.2 Å². The Morgan fingerprint density at radius 1 is 1.30 bits per heavy atom. The number of nitrogens with two attached hydrogens (primary N) is 1. The third kappa shape index (κ3) is 4.78. The summed E-state index contributed by atoms with van der Waals surface area (Å²) < 4.78 is 0. The number of nitrogens with one attached hydrogen (secondary N) is 1. The zero-order valence-electron chi connectivity index (χ0n) is 12.0. The van der Waals surface area contributed by atoms with E-state index in [0.717, 1.165) is 6.54 Å². The zero-order valence-corrected chi connectivity index (χ0v) is 12.8. The average Bonchev–Trinajstić information content (AvgIpc) is 2.90. The van der Waals surface area contributed by atoms with Gasteiger partial charge in [-0.3, -0.25) is 9.69 Å². The van der Waals surface area contributed by atoms with Gasteiger partial charge >= 0.3 is 0 Å². The van der Waals surface area contributed by atoms with E-state index in [0.29, 0.717) is 6.54 Å². The van der Waals surface area contributed by atoms with Crippen LogP contribution in [0.2, 0.25) is 0 Å². The molecule has 1 aliphatic rings. The predicted molar refractivity (Wildman–Crippen MR) is 83.7 cm³/mol. The fraction of sp³-hybridized carbons (Fsp3) is 0.533. The molecule has 0 radical (unpaired) electrons. The lowest BCUT2D eigenvalue weighted by Crippen LogP contribution is -2.38. The number of carbonyl (C=O) groups is 1. The molecule has 1 atom stereocenters. The Labute approximate surface area is 127 Å². The molecule has 1 aliphatic heterocycles. The number of hydrogen-bond donors (Lipinski definition) is 2. The van der Waals surface area contributed by atoms with E-state index in [1.807, 2.05) is 6.07 Å². The van der Waals surface area contributed by atoms with Gasteiger partial charge in [0.15, 0.2) is 0 Å². The van der Waals surface area contributed by atoms with Crippen LogP contribution in [0.25, 0.3) is 0 Å². The first-order valence-corrected chi connectivity index (χ1v) is 6.99. The molecule has 0 saturated carbocycles. The van der Waals surface area contributed by atoms with E-state index in [-0.39, 0.29) is 18.3 Å². The van der Waals surface area contributed by atoms with E-state index in [1.54, 1.807) is 6.92 Å². The molecule has 0 spiro atoms. The van der Waals surface area contributed by atoms with Crippen LogP contribution in [0.15, 0.2) is 24.3 Å². The second kappa shape index (κ2) is 8.25. The normalized spacial score (nSPS) is 16.5. The van der Waals surface area contributed by atoms with Crippen LogP contribution in [0.5, 0.6) is 0 Å². The molecule has 1 aromatic rings. The number of halogens is 1. The highest BCUT2D eigenvalue weighted by Crippen LogP contribution is 2.16. The van der Waals surface area contributed by atoms with Gasteiger partial charge in [-0.2, -0.15) is 0 Å². The SMILES string of the molecule is CC(N)C(=O)NCc1ccccc1CN1CCCC1.Cl. The summed E-state index contributed by atoms with van der Waals surface area (Å²) in [5.74, 6) is -0.101. The molecular weight excluding hydrogens is 274 g/mol. The van der Waals surface area contributed by atoms with E-state index in [9.17, 15) is 4.79 Å². The van der Waals surface area contributed by atoms with Gasteiger partial charge in [0, 0.05) is 13.1 Å². The van der Waals surface area contributed by atoms with Crippen molar-refractivity contribution in [2.24, 2.45) is 5.73 Å². The lowest BCUT2D eigenvalue weighted by atomic mass is 10.1. The number of hydrogen-bond acceptors (Lipinski definition) is 3. The van der Waals surface area contributed by atoms with Crippen LogP contribution in [0.3, 0.4) is 0 Å². The second-order valence-electron chi connectivity index (χ2n) is 5.26. The Morgan fingerprint density at radius 2 is 1.90 bits per heavy atom. The first-order valence-electron chi connectivity index (χ1n) is 6.99. The van der Waals surface area contributed by atoms with Gasteiger partial charge in [0.25, 0.3) is 0 Å². The molecular formula is C15H24ClN3O. The highest BCUT2D eigenvalue weighted by molar-refractivity contribution is 5.85. The highest BCUT2D eigenvalue weighted by Gasteiger charge is 2.14. The molecule has 1 heterocycles. The summed E-state index contributed by atoms with van der Waals surface area (Å²) in [6.07, 6.45) is 2.59. The quantitative estimate of drug-likeness (QED) is 0.869. The molecule has 1 unspecified atom stereocenters. The Hall–Kier alpha value is -1.10. The van der Waals surface area contributed by atoms with E-state index in [4.69, 9.17) is 5.73 Å². The minimum absolute atomic E-state index is 0. The molecule has 112 valence electrons. The Bertz CT molecular complexity index is 431. The van der Waals surface area contributed by atoms with Gasteiger partial charge < -0.3 is 11.1 Å². The van der Waals surface area contributed by atoms with Crippen molar-refractivity contribution in [1.29, 1.82) is 0 Å². The maximum absolute atomic E-state index is 11.5. The van der Waals surface area contributed by atoms with E-state index in [2.05, 4.69) is 28.4 Å². The zero-order chi connectivity index (χ0) is 13.7. The second-order valence-corrected chi connectivity index (χ2v) is 5.26. The third-order valence-corrected chi connectivity index (χ3v) is 3.58. The number of likely N-dealkylation sites (tertiary alicyclic amines) is 1. The van der Waals surface area contributed by atoms with Crippen LogP contribution in [-0.2, 0) is 17.9 Å². The third-order valence-electron chi connectivity index (χ3n) is 3.58. The summed E-state index contributed by atoms with van der Waals surface area (Å²) >= 11 is 0. The number of amides is 1. The van der Waals surface area contributed by atoms with Gasteiger partial charge in [0.05, 0.1) is 6.04 Å². The molecule has 1 saturated heterocycles. The van der Waals surface area contributed by atoms with Crippen LogP contribution in [-0.4, -0.2) is 29.9 Å². The molecule has 20 heavy (non-hydrogen) atoms.